The number of nitrogens with two attached hydrogens (primary N) is 1. The van der Waals surface area contributed by atoms with E-state index in [2.05, 4.69) is 31.6 Å². The second kappa shape index (κ2) is 9.20. The minimum atomic E-state index is -0.271. The number of halogens is 1. The molecule has 4 rings (SSSR count). The number of anilines is 2. The second-order valence-electron chi connectivity index (χ2n) is 7.37. The second-order valence-corrected chi connectivity index (χ2v) is 8.29. The molecule has 3 N–H and O–H groups in total. The van der Waals surface area contributed by atoms with Gasteiger partial charge in [0.15, 0.2) is 5.69 Å². The van der Waals surface area contributed by atoms with Gasteiger partial charge in [-0.05, 0) is 49.7 Å². The lowest BCUT2D eigenvalue weighted by atomic mass is 10.0. The van der Waals surface area contributed by atoms with Crippen LogP contribution in [0.25, 0.3) is 16.8 Å². The van der Waals surface area contributed by atoms with Crippen molar-refractivity contribution < 1.29 is 0 Å². The van der Waals surface area contributed by atoms with E-state index in [1.165, 1.54) is 0 Å². The zero-order chi connectivity index (χ0) is 22.7. The molecule has 1 aromatic heterocycles. The van der Waals surface area contributed by atoms with Gasteiger partial charge < -0.3 is 5.73 Å². The lowest BCUT2D eigenvalue weighted by Crippen LogP contribution is -2.26. The van der Waals surface area contributed by atoms with Crippen LogP contribution in [-0.2, 0) is 0 Å². The molecule has 7 heteroatoms. The molecule has 0 saturated carbocycles. The molecule has 0 bridgehead atoms. The van der Waals surface area contributed by atoms with Gasteiger partial charge in [0.25, 0.3) is 0 Å². The van der Waals surface area contributed by atoms with E-state index in [9.17, 15) is 4.79 Å². The number of nitrogens with zero attached hydrogens (tertiary/aromatic N) is 3. The first-order chi connectivity index (χ1) is 15.4. The summed E-state index contributed by atoms with van der Waals surface area (Å²) in [5, 5.41) is 9.00. The lowest BCUT2D eigenvalue weighted by Gasteiger charge is -2.15. The van der Waals surface area contributed by atoms with Crippen molar-refractivity contribution in [1.29, 1.82) is 0 Å². The molecule has 0 radical (unpaired) electrons. The van der Waals surface area contributed by atoms with E-state index in [1.54, 1.807) is 11.6 Å². The number of aryl methyl sites for hydroxylation is 1. The molecule has 160 valence electrons. The number of hydrogen-bond donors (Lipinski definition) is 2. The number of aromatic nitrogens is 2. The molecule has 0 saturated heterocycles. The Balaban J connectivity index is 1.88. The summed E-state index contributed by atoms with van der Waals surface area (Å²) in [6.45, 7) is 3.77. The fourth-order valence-electron chi connectivity index (χ4n) is 3.29. The molecule has 0 unspecified atom stereocenters. The third-order valence-corrected chi connectivity index (χ3v) is 5.48. The summed E-state index contributed by atoms with van der Waals surface area (Å²) in [6, 6.07) is 24.8. The van der Waals surface area contributed by atoms with Crippen molar-refractivity contribution in [2.45, 2.75) is 13.8 Å². The molecule has 4 aromatic rings. The van der Waals surface area contributed by atoms with E-state index in [1.807, 2.05) is 85.8 Å². The van der Waals surface area contributed by atoms with Crippen LogP contribution >= 0.6 is 15.9 Å². The van der Waals surface area contributed by atoms with Crippen LogP contribution in [0.5, 0.6) is 0 Å². The largest absolute Gasteiger partial charge is 0.383 e. The third kappa shape index (κ3) is 4.48. The maximum atomic E-state index is 13.5. The molecule has 0 amide bonds. The molecule has 0 aliphatic carbocycles. The molecule has 0 fully saturated rings. The van der Waals surface area contributed by atoms with E-state index in [0.29, 0.717) is 11.3 Å². The van der Waals surface area contributed by atoms with Crippen LogP contribution < -0.4 is 16.6 Å². The molecule has 0 aliphatic rings. The third-order valence-electron chi connectivity index (χ3n) is 4.99. The van der Waals surface area contributed by atoms with E-state index in [0.717, 1.165) is 27.0 Å². The van der Waals surface area contributed by atoms with Gasteiger partial charge in [-0.1, -0.05) is 70.0 Å². The smallest absolute Gasteiger partial charge is 0.219 e. The van der Waals surface area contributed by atoms with Crippen LogP contribution in [-0.4, -0.2) is 15.5 Å². The minimum absolute atomic E-state index is 0.220. The maximum Gasteiger partial charge on any atom is 0.219 e. The Morgan fingerprint density at radius 2 is 1.75 bits per heavy atom. The average Bonchev–Trinajstić information content (AvgIpc) is 2.79. The Morgan fingerprint density at radius 1 is 1.03 bits per heavy atom. The van der Waals surface area contributed by atoms with Crippen LogP contribution in [0.2, 0.25) is 0 Å². The Morgan fingerprint density at radius 3 is 2.44 bits per heavy atom. The number of hydrazone groups is 1. The summed E-state index contributed by atoms with van der Waals surface area (Å²) in [7, 11) is 0. The zero-order valence-electron chi connectivity index (χ0n) is 17.7. The first kappa shape index (κ1) is 21.5. The van der Waals surface area contributed by atoms with Crippen LogP contribution in [0.4, 0.5) is 11.5 Å². The van der Waals surface area contributed by atoms with Crippen LogP contribution in [0, 0.1) is 6.92 Å². The molecular formula is C25H22BrN5O. The van der Waals surface area contributed by atoms with Crippen molar-refractivity contribution >= 4 is 33.1 Å². The Bertz CT molecular complexity index is 1350. The quantitative estimate of drug-likeness (QED) is 0.292. The molecular weight excluding hydrogens is 466 g/mol. The van der Waals surface area contributed by atoms with Gasteiger partial charge in [-0.2, -0.15) is 10.2 Å². The maximum absolute atomic E-state index is 13.5. The highest BCUT2D eigenvalue weighted by atomic mass is 79.9. The van der Waals surface area contributed by atoms with E-state index in [-0.39, 0.29) is 16.9 Å². The van der Waals surface area contributed by atoms with Gasteiger partial charge in [-0.15, -0.1) is 0 Å². The summed E-state index contributed by atoms with van der Waals surface area (Å²) in [5.41, 5.74) is 13.7. The van der Waals surface area contributed by atoms with Gasteiger partial charge in [0.1, 0.15) is 5.82 Å². The van der Waals surface area contributed by atoms with Crippen molar-refractivity contribution in [3.8, 4) is 16.8 Å². The Labute approximate surface area is 194 Å². The SMILES string of the molecule is C/C(=N\Nc1ccc(C)cc1)c1nn(-c2cccc(Br)c2)c(N)c(-c2ccccc2)c1=O. The molecule has 1 heterocycles. The average molecular weight is 488 g/mol. The van der Waals surface area contributed by atoms with E-state index in [4.69, 9.17) is 5.73 Å². The topological polar surface area (TPSA) is 85.3 Å². The van der Waals surface area contributed by atoms with Gasteiger partial charge in [-0.25, -0.2) is 4.68 Å². The first-order valence-electron chi connectivity index (χ1n) is 10.1. The fourth-order valence-corrected chi connectivity index (χ4v) is 3.68. The van der Waals surface area contributed by atoms with E-state index >= 15 is 0 Å². The van der Waals surface area contributed by atoms with Crippen molar-refractivity contribution in [2.24, 2.45) is 5.10 Å². The normalized spacial score (nSPS) is 11.4. The summed E-state index contributed by atoms with van der Waals surface area (Å²) >= 11 is 3.49. The highest BCUT2D eigenvalue weighted by Gasteiger charge is 2.19. The lowest BCUT2D eigenvalue weighted by molar-refractivity contribution is 0.842. The highest BCUT2D eigenvalue weighted by molar-refractivity contribution is 9.10. The van der Waals surface area contributed by atoms with Gasteiger partial charge in [0.2, 0.25) is 5.43 Å². The van der Waals surface area contributed by atoms with Gasteiger partial charge in [0.05, 0.1) is 22.6 Å². The van der Waals surface area contributed by atoms with Crippen LogP contribution in [0.3, 0.4) is 0 Å². The Hall–Kier alpha value is -3.71. The standard InChI is InChI=1S/C25H22BrN5O/c1-16-11-13-20(14-12-16)29-28-17(2)23-24(32)22(18-7-4-3-5-8-18)25(27)31(30-23)21-10-6-9-19(26)15-21/h3-15,29H,27H2,1-2H3/b28-17+. The number of nitrogens with one attached hydrogen (secondary N) is 1. The number of rotatable bonds is 5. The fraction of sp³-hybridized carbons (Fsp3) is 0.0800. The van der Waals surface area contributed by atoms with Gasteiger partial charge in [0, 0.05) is 4.47 Å². The molecule has 0 atom stereocenters. The summed E-state index contributed by atoms with van der Waals surface area (Å²) in [4.78, 5) is 13.5. The predicted octanol–water partition coefficient (Wildman–Crippen LogP) is 5.39. The highest BCUT2D eigenvalue weighted by Crippen LogP contribution is 2.25. The molecule has 32 heavy (non-hydrogen) atoms. The zero-order valence-corrected chi connectivity index (χ0v) is 19.3. The number of hydrogen-bond acceptors (Lipinski definition) is 5. The van der Waals surface area contributed by atoms with Crippen molar-refractivity contribution in [3.05, 3.63) is 105 Å². The molecule has 3 aromatic carbocycles. The predicted molar refractivity (Wildman–Crippen MR) is 134 cm³/mol. The van der Waals surface area contributed by atoms with Crippen molar-refractivity contribution in [1.82, 2.24) is 9.78 Å². The Kier molecular flexibility index (Phi) is 6.18. The number of nitrogen functional groups attached to an aromatic ring is 1. The van der Waals surface area contributed by atoms with Crippen molar-refractivity contribution in [2.75, 3.05) is 11.2 Å². The summed E-state index contributed by atoms with van der Waals surface area (Å²) in [6.07, 6.45) is 0. The molecule has 0 aliphatic heterocycles. The van der Waals surface area contributed by atoms with Crippen LogP contribution in [0.1, 0.15) is 18.2 Å². The summed E-state index contributed by atoms with van der Waals surface area (Å²) < 4.78 is 2.46. The van der Waals surface area contributed by atoms with Crippen molar-refractivity contribution in [3.63, 3.8) is 0 Å². The number of benzene rings is 3. The molecule has 6 nitrogen and oxygen atoms in total. The van der Waals surface area contributed by atoms with Gasteiger partial charge >= 0.3 is 0 Å². The van der Waals surface area contributed by atoms with E-state index < -0.39 is 0 Å². The monoisotopic (exact) mass is 487 g/mol. The van der Waals surface area contributed by atoms with Crippen LogP contribution in [0.15, 0.2) is 93.2 Å². The molecule has 0 spiro atoms. The minimum Gasteiger partial charge on any atom is -0.383 e. The van der Waals surface area contributed by atoms with Gasteiger partial charge in [-0.3, -0.25) is 10.2 Å². The summed E-state index contributed by atoms with van der Waals surface area (Å²) in [5.74, 6) is 0.266. The first-order valence-corrected chi connectivity index (χ1v) is 10.8.